The van der Waals surface area contributed by atoms with Crippen LogP contribution in [0.1, 0.15) is 45.4 Å². The zero-order valence-corrected chi connectivity index (χ0v) is 18.9. The van der Waals surface area contributed by atoms with E-state index in [9.17, 15) is 20.1 Å². The summed E-state index contributed by atoms with van der Waals surface area (Å²) in [6.07, 6.45) is 3.54. The van der Waals surface area contributed by atoms with Crippen molar-refractivity contribution in [3.05, 3.63) is 45.4 Å². The fourth-order valence-electron chi connectivity index (χ4n) is 3.15. The first kappa shape index (κ1) is 24.8. The number of aromatic nitrogens is 2. The molecule has 0 bridgehead atoms. The summed E-state index contributed by atoms with van der Waals surface area (Å²) in [6.45, 7) is 6.13. The summed E-state index contributed by atoms with van der Waals surface area (Å²) in [5.74, 6) is 0.604. The predicted molar refractivity (Wildman–Crippen MR) is 117 cm³/mol. The molecule has 1 aliphatic rings. The summed E-state index contributed by atoms with van der Waals surface area (Å²) < 4.78 is 7.23. The lowest BCUT2D eigenvalue weighted by Gasteiger charge is -2.22. The normalized spacial score (nSPS) is 24.3. The highest BCUT2D eigenvalue weighted by atomic mass is 32.2. The van der Waals surface area contributed by atoms with Crippen LogP contribution in [0.5, 0.6) is 0 Å². The number of aliphatic hydroxyl groups is 3. The molecule has 1 aromatic heterocycles. The number of thioether (sulfide) groups is 1. The van der Waals surface area contributed by atoms with Crippen molar-refractivity contribution in [1.29, 1.82) is 0 Å². The number of rotatable bonds is 10. The zero-order valence-electron chi connectivity index (χ0n) is 18.0. The van der Waals surface area contributed by atoms with Gasteiger partial charge in [-0.25, -0.2) is 0 Å². The van der Waals surface area contributed by atoms with E-state index >= 15 is 0 Å². The smallest absolute Gasteiger partial charge is 0.278 e. The third-order valence-electron chi connectivity index (χ3n) is 4.88. The Hall–Kier alpha value is -1.49. The van der Waals surface area contributed by atoms with Crippen LogP contribution in [0.25, 0.3) is 0 Å². The van der Waals surface area contributed by atoms with Gasteiger partial charge in [0.2, 0.25) is 0 Å². The first-order valence-corrected chi connectivity index (χ1v) is 11.1. The van der Waals surface area contributed by atoms with Gasteiger partial charge < -0.3 is 25.4 Å². The number of allylic oxidation sites excluding steroid dienone is 3. The summed E-state index contributed by atoms with van der Waals surface area (Å²) >= 11 is 1.36. The van der Waals surface area contributed by atoms with Gasteiger partial charge in [0.15, 0.2) is 11.4 Å². The minimum absolute atomic E-state index is 0.314. The van der Waals surface area contributed by atoms with Gasteiger partial charge in [-0.15, -0.1) is 0 Å². The highest BCUT2D eigenvalue weighted by molar-refractivity contribution is 7.99. The van der Waals surface area contributed by atoms with Crippen LogP contribution < -0.4 is 10.9 Å². The number of ether oxygens (including phenoxy) is 1. The van der Waals surface area contributed by atoms with E-state index in [0.29, 0.717) is 23.0 Å². The number of aliphatic hydroxyl groups excluding tert-OH is 3. The second-order valence-electron chi connectivity index (χ2n) is 7.70. The first-order chi connectivity index (χ1) is 14.3. The van der Waals surface area contributed by atoms with E-state index in [1.165, 1.54) is 22.9 Å². The SMILES string of the molecule is CNCc1cn([C@@H]2O[C@H](CO)C(O)[C@@H]2O)c(SC/C=C(\C)CCC=C(C)C)nc1=O. The number of nitrogens with zero attached hydrogens (tertiary/aromatic N) is 2. The third kappa shape index (κ3) is 6.50. The molecule has 0 saturated carbocycles. The molecule has 9 heteroatoms. The van der Waals surface area contributed by atoms with Crippen molar-refractivity contribution in [2.75, 3.05) is 19.4 Å². The molecule has 1 aromatic rings. The lowest BCUT2D eigenvalue weighted by molar-refractivity contribution is -0.0578. The number of hydrogen-bond acceptors (Lipinski definition) is 8. The molecule has 4 N–H and O–H groups in total. The molecule has 8 nitrogen and oxygen atoms in total. The fraction of sp³-hybridized carbons (Fsp3) is 0.619. The summed E-state index contributed by atoms with van der Waals surface area (Å²) in [6, 6.07) is 0. The third-order valence-corrected chi connectivity index (χ3v) is 5.78. The van der Waals surface area contributed by atoms with Gasteiger partial charge in [-0.3, -0.25) is 9.36 Å². The second kappa shape index (κ2) is 11.8. The number of hydrogen-bond donors (Lipinski definition) is 4. The monoisotopic (exact) mass is 439 g/mol. The van der Waals surface area contributed by atoms with Gasteiger partial charge in [0.25, 0.3) is 5.56 Å². The Kier molecular flexibility index (Phi) is 9.73. The van der Waals surface area contributed by atoms with Crippen molar-refractivity contribution in [3.8, 4) is 0 Å². The Morgan fingerprint density at radius 2 is 2.03 bits per heavy atom. The Morgan fingerprint density at radius 1 is 1.30 bits per heavy atom. The molecular formula is C21H33N3O5S. The number of nitrogens with one attached hydrogen (secondary N) is 1. The molecule has 30 heavy (non-hydrogen) atoms. The Balaban J connectivity index is 2.23. The maximum atomic E-state index is 12.4. The molecule has 0 aliphatic carbocycles. The van der Waals surface area contributed by atoms with Gasteiger partial charge in [0.05, 0.1) is 6.61 Å². The average Bonchev–Trinajstić information content (AvgIpc) is 2.98. The molecule has 0 amide bonds. The Morgan fingerprint density at radius 3 is 2.63 bits per heavy atom. The van der Waals surface area contributed by atoms with Gasteiger partial charge in [-0.2, -0.15) is 4.98 Å². The van der Waals surface area contributed by atoms with Crippen molar-refractivity contribution in [2.45, 2.75) is 69.9 Å². The molecule has 0 aromatic carbocycles. The van der Waals surface area contributed by atoms with Crippen molar-refractivity contribution in [3.63, 3.8) is 0 Å². The molecule has 1 aliphatic heterocycles. The molecular weight excluding hydrogens is 406 g/mol. The van der Waals surface area contributed by atoms with Crippen LogP contribution in [-0.4, -0.2) is 62.6 Å². The zero-order chi connectivity index (χ0) is 22.3. The van der Waals surface area contributed by atoms with E-state index in [0.717, 1.165) is 12.8 Å². The van der Waals surface area contributed by atoms with Gasteiger partial charge in [0, 0.05) is 24.1 Å². The largest absolute Gasteiger partial charge is 0.394 e. The van der Waals surface area contributed by atoms with Crippen LogP contribution in [0.3, 0.4) is 0 Å². The molecule has 4 atom stereocenters. The van der Waals surface area contributed by atoms with E-state index in [2.05, 4.69) is 43.2 Å². The maximum Gasteiger partial charge on any atom is 0.278 e. The van der Waals surface area contributed by atoms with E-state index in [4.69, 9.17) is 4.74 Å². The van der Waals surface area contributed by atoms with Crippen molar-refractivity contribution in [2.24, 2.45) is 0 Å². The Bertz CT molecular complexity index is 819. The summed E-state index contributed by atoms with van der Waals surface area (Å²) in [4.78, 5) is 16.6. The highest BCUT2D eigenvalue weighted by Gasteiger charge is 2.44. The van der Waals surface area contributed by atoms with Gasteiger partial charge in [-0.1, -0.05) is 35.1 Å². The van der Waals surface area contributed by atoms with Gasteiger partial charge in [-0.05, 0) is 40.7 Å². The van der Waals surface area contributed by atoms with Gasteiger partial charge >= 0.3 is 0 Å². The quantitative estimate of drug-likeness (QED) is 0.245. The van der Waals surface area contributed by atoms with Crippen LogP contribution in [0, 0.1) is 0 Å². The first-order valence-electron chi connectivity index (χ1n) is 10.1. The molecule has 168 valence electrons. The van der Waals surface area contributed by atoms with Crippen LogP contribution >= 0.6 is 11.8 Å². The van der Waals surface area contributed by atoms with Crippen LogP contribution in [0.4, 0.5) is 0 Å². The van der Waals surface area contributed by atoms with E-state index in [-0.39, 0.29) is 5.56 Å². The van der Waals surface area contributed by atoms with Crippen molar-refractivity contribution in [1.82, 2.24) is 14.9 Å². The topological polar surface area (TPSA) is 117 Å². The van der Waals surface area contributed by atoms with Crippen LogP contribution in [0.15, 0.2) is 39.4 Å². The molecule has 1 unspecified atom stereocenters. The Labute approximate surface area is 181 Å². The maximum absolute atomic E-state index is 12.4. The molecule has 1 fully saturated rings. The molecule has 2 rings (SSSR count). The molecule has 0 spiro atoms. The lowest BCUT2D eigenvalue weighted by Crippen LogP contribution is -2.34. The minimum atomic E-state index is -1.24. The highest BCUT2D eigenvalue weighted by Crippen LogP contribution is 2.32. The standard InChI is InChI=1S/C21H33N3O5S/c1-13(2)6-5-7-14(3)8-9-30-21-23-19(28)15(10-22-4)11-24(21)20-18(27)17(26)16(12-25)29-20/h6,8,11,16-18,20,22,25-27H,5,7,9-10,12H2,1-4H3/b14-8+/t16-,17?,18+,20-/m1/s1. The van der Waals surface area contributed by atoms with Gasteiger partial charge in [0.1, 0.15) is 18.3 Å². The van der Waals surface area contributed by atoms with E-state index < -0.39 is 31.1 Å². The van der Waals surface area contributed by atoms with Crippen molar-refractivity contribution < 1.29 is 20.1 Å². The predicted octanol–water partition coefficient (Wildman–Crippen LogP) is 1.36. The van der Waals surface area contributed by atoms with Crippen molar-refractivity contribution >= 4 is 11.8 Å². The summed E-state index contributed by atoms with van der Waals surface area (Å²) in [5.41, 5.74) is 2.62. The molecule has 0 radical (unpaired) electrons. The van der Waals surface area contributed by atoms with E-state index in [1.807, 2.05) is 0 Å². The summed E-state index contributed by atoms with van der Waals surface area (Å²) in [7, 11) is 1.72. The van der Waals surface area contributed by atoms with Crippen LogP contribution in [-0.2, 0) is 11.3 Å². The van der Waals surface area contributed by atoms with E-state index in [1.54, 1.807) is 17.8 Å². The molecule has 2 heterocycles. The average molecular weight is 440 g/mol. The lowest BCUT2D eigenvalue weighted by atomic mass is 10.1. The molecule has 1 saturated heterocycles. The van der Waals surface area contributed by atoms with Crippen LogP contribution in [0.2, 0.25) is 0 Å². The second-order valence-corrected chi connectivity index (χ2v) is 8.69. The summed E-state index contributed by atoms with van der Waals surface area (Å²) in [5, 5.41) is 33.2. The minimum Gasteiger partial charge on any atom is -0.394 e. The fourth-order valence-corrected chi connectivity index (χ4v) is 4.12.